The number of fused-ring (bicyclic) bond motifs is 9. The molecule has 12 aromatic rings. The largest absolute Gasteiger partial charge is 0.311 e. The normalized spacial score (nSPS) is 16.5. The van der Waals surface area contributed by atoms with Gasteiger partial charge in [0.25, 0.3) is 6.71 Å². The van der Waals surface area contributed by atoms with Gasteiger partial charge in [-0.1, -0.05) is 269 Å². The summed E-state index contributed by atoms with van der Waals surface area (Å²) in [6, 6.07) is 88.6. The molecule has 0 N–H and O–H groups in total. The fourth-order valence-corrected chi connectivity index (χ4v) is 17.2. The van der Waals surface area contributed by atoms with Crippen molar-refractivity contribution in [3.63, 3.8) is 0 Å². The van der Waals surface area contributed by atoms with E-state index in [1.807, 2.05) is 0 Å². The summed E-state index contributed by atoms with van der Waals surface area (Å²) in [6.07, 6.45) is 4.74. The second-order valence-corrected chi connectivity index (χ2v) is 35.2. The summed E-state index contributed by atoms with van der Waals surface area (Å²) in [5.74, 6) is 0. The summed E-state index contributed by atoms with van der Waals surface area (Å²) in [7, 11) is 0. The van der Waals surface area contributed by atoms with Crippen LogP contribution in [0.5, 0.6) is 0 Å². The molecule has 3 nitrogen and oxygen atoms in total. The zero-order valence-corrected chi connectivity index (χ0v) is 61.1. The first kappa shape index (κ1) is 63.6. The van der Waals surface area contributed by atoms with Gasteiger partial charge in [0.15, 0.2) is 0 Å². The van der Waals surface area contributed by atoms with Crippen LogP contribution in [-0.4, -0.2) is 11.3 Å². The standard InChI is InChI=1S/C94H96BN3/c1-88(2,3)67-34-25-61(26-35-67)66-55-85-87-86(56-66)97(71-39-29-60(30-40-71)64-32-43-76-78(53-64)94(16,17)50-48-92(76,12)13)84-58-72(98-81-24-19-18-23-73(81)74-57-69(90(7,8)9)36-46-82(74)98)41-45-80(84)95(87)79-44-33-65(62-21-20-22-68(51-62)89(4,5)6)54-83(79)96(85)70-37-27-59(28-38-70)63-31-42-75-77(52-63)93(14,15)49-47-91(75,10)11/h18-46,51-58H,47-50H2,1-17H3. The van der Waals surface area contributed by atoms with Gasteiger partial charge < -0.3 is 14.4 Å². The lowest BCUT2D eigenvalue weighted by Crippen LogP contribution is -2.61. The molecule has 16 rings (SSSR count). The molecule has 0 bridgehead atoms. The topological polar surface area (TPSA) is 11.4 Å². The van der Waals surface area contributed by atoms with Gasteiger partial charge in [0.1, 0.15) is 0 Å². The molecule has 98 heavy (non-hydrogen) atoms. The molecule has 0 fully saturated rings. The lowest BCUT2D eigenvalue weighted by atomic mass is 9.33. The van der Waals surface area contributed by atoms with Crippen LogP contribution in [0.2, 0.25) is 0 Å². The second-order valence-electron chi connectivity index (χ2n) is 35.2. The Bertz CT molecular complexity index is 5200. The van der Waals surface area contributed by atoms with E-state index >= 15 is 0 Å². The second kappa shape index (κ2) is 22.2. The zero-order valence-electron chi connectivity index (χ0n) is 61.1. The first-order valence-corrected chi connectivity index (χ1v) is 36.3. The number of aromatic nitrogens is 1. The maximum atomic E-state index is 2.63. The van der Waals surface area contributed by atoms with Crippen molar-refractivity contribution < 1.29 is 0 Å². The fraction of sp³-hybridized carbons (Fsp3) is 0.298. The predicted octanol–water partition coefficient (Wildman–Crippen LogP) is 24.1. The lowest BCUT2D eigenvalue weighted by molar-refractivity contribution is 0.332. The Morgan fingerprint density at radius 1 is 0.286 bits per heavy atom. The van der Waals surface area contributed by atoms with Crippen LogP contribution in [0.15, 0.2) is 224 Å². The highest BCUT2D eigenvalue weighted by molar-refractivity contribution is 7.00. The summed E-state index contributed by atoms with van der Waals surface area (Å²) >= 11 is 0. The molecule has 0 radical (unpaired) electrons. The molecule has 0 unspecified atom stereocenters. The number of anilines is 6. The maximum absolute atomic E-state index is 2.63. The number of hydrogen-bond acceptors (Lipinski definition) is 2. The van der Waals surface area contributed by atoms with E-state index in [1.165, 1.54) is 170 Å². The van der Waals surface area contributed by atoms with Crippen LogP contribution < -0.4 is 26.2 Å². The monoisotopic (exact) mass is 1280 g/mol. The predicted molar refractivity (Wildman–Crippen MR) is 423 cm³/mol. The summed E-state index contributed by atoms with van der Waals surface area (Å²) < 4.78 is 2.52. The SMILES string of the molecule is CC(C)(C)c1ccc(-c2cc3c4c(c2)N(c2ccc(-c5ccc6c(c5)C(C)(C)CCC6(C)C)cc2)c2cc(-n5c6ccccc6c6cc(C(C)(C)C)ccc65)ccc2B4c2ccc(-c4cccc(C(C)(C)C)c4)cc2N3c2ccc(-c3ccc4c(c3)C(C)(C)CCC4(C)C)cc2)cc1. The van der Waals surface area contributed by atoms with Crippen molar-refractivity contribution in [2.45, 2.75) is 181 Å². The van der Waals surface area contributed by atoms with Crippen molar-refractivity contribution >= 4 is 79.0 Å². The molecule has 0 amide bonds. The molecule has 490 valence electrons. The first-order chi connectivity index (χ1) is 46.4. The van der Waals surface area contributed by atoms with E-state index in [2.05, 4.69) is 357 Å². The summed E-state index contributed by atoms with van der Waals surface area (Å²) in [6.45, 7) is 40.2. The Morgan fingerprint density at radius 2 is 0.684 bits per heavy atom. The number of para-hydroxylation sites is 1. The molecule has 0 atom stereocenters. The first-order valence-electron chi connectivity index (χ1n) is 36.3. The average molecular weight is 1280 g/mol. The molecule has 2 aliphatic heterocycles. The van der Waals surface area contributed by atoms with E-state index in [0.717, 1.165) is 17.1 Å². The van der Waals surface area contributed by atoms with Gasteiger partial charge in [0.05, 0.1) is 11.0 Å². The van der Waals surface area contributed by atoms with Gasteiger partial charge in [-0.2, -0.15) is 0 Å². The van der Waals surface area contributed by atoms with Gasteiger partial charge in [-0.3, -0.25) is 0 Å². The van der Waals surface area contributed by atoms with Gasteiger partial charge in [-0.25, -0.2) is 0 Å². The minimum atomic E-state index is -0.115. The van der Waals surface area contributed by atoms with E-state index < -0.39 is 0 Å². The Morgan fingerprint density at radius 3 is 1.22 bits per heavy atom. The Labute approximate surface area is 584 Å². The Kier molecular flexibility index (Phi) is 14.4. The quantitative estimate of drug-likeness (QED) is 0.147. The van der Waals surface area contributed by atoms with Gasteiger partial charge in [-0.15, -0.1) is 0 Å². The minimum Gasteiger partial charge on any atom is -0.311 e. The number of rotatable bonds is 7. The lowest BCUT2D eigenvalue weighted by Gasteiger charge is -2.45. The van der Waals surface area contributed by atoms with E-state index in [-0.39, 0.29) is 44.6 Å². The Balaban J connectivity index is 0.957. The average Bonchev–Trinajstić information content (AvgIpc) is 0.716. The third-order valence-corrected chi connectivity index (χ3v) is 23.6. The highest BCUT2D eigenvalue weighted by Crippen LogP contribution is 2.52. The van der Waals surface area contributed by atoms with E-state index in [0.29, 0.717) is 0 Å². The molecule has 0 saturated carbocycles. The molecular formula is C94H96BN3. The molecule has 4 heteroatoms. The van der Waals surface area contributed by atoms with Crippen LogP contribution in [0.3, 0.4) is 0 Å². The summed E-state index contributed by atoms with van der Waals surface area (Å²) in [5, 5.41) is 2.54. The van der Waals surface area contributed by atoms with E-state index in [4.69, 9.17) is 0 Å². The highest BCUT2D eigenvalue weighted by atomic mass is 15.2. The fourth-order valence-electron chi connectivity index (χ4n) is 17.2. The molecule has 0 saturated heterocycles. The van der Waals surface area contributed by atoms with E-state index in [1.54, 1.807) is 0 Å². The van der Waals surface area contributed by atoms with Crippen molar-refractivity contribution in [3.05, 3.63) is 263 Å². The smallest absolute Gasteiger partial charge is 0.252 e. The van der Waals surface area contributed by atoms with E-state index in [9.17, 15) is 0 Å². The van der Waals surface area contributed by atoms with Gasteiger partial charge in [0, 0.05) is 50.6 Å². The van der Waals surface area contributed by atoms with Crippen LogP contribution in [0.4, 0.5) is 34.1 Å². The highest BCUT2D eigenvalue weighted by Gasteiger charge is 2.45. The molecule has 1 aromatic heterocycles. The molecule has 4 aliphatic rings. The van der Waals surface area contributed by atoms with Crippen LogP contribution in [0.1, 0.15) is 182 Å². The van der Waals surface area contributed by atoms with Gasteiger partial charge in [0.2, 0.25) is 0 Å². The number of benzene rings is 11. The molecule has 3 heterocycles. The van der Waals surface area contributed by atoms with Gasteiger partial charge >= 0.3 is 0 Å². The molecular weight excluding hydrogens is 1180 g/mol. The molecule has 11 aromatic carbocycles. The van der Waals surface area contributed by atoms with Crippen molar-refractivity contribution in [1.82, 2.24) is 4.57 Å². The minimum absolute atomic E-state index is 0.00219. The summed E-state index contributed by atoms with van der Waals surface area (Å²) in [4.78, 5) is 5.26. The van der Waals surface area contributed by atoms with Crippen molar-refractivity contribution in [1.29, 1.82) is 0 Å². The third kappa shape index (κ3) is 10.5. The zero-order chi connectivity index (χ0) is 68.5. The van der Waals surface area contributed by atoms with Crippen LogP contribution in [0, 0.1) is 0 Å². The van der Waals surface area contributed by atoms with Gasteiger partial charge in [-0.05, 0) is 236 Å². The molecule has 0 spiro atoms. The molecule has 2 aliphatic carbocycles. The van der Waals surface area contributed by atoms with Crippen molar-refractivity contribution in [2.75, 3.05) is 9.80 Å². The van der Waals surface area contributed by atoms with Crippen LogP contribution >= 0.6 is 0 Å². The summed E-state index contributed by atoms with van der Waals surface area (Å²) in [5.41, 5.74) is 34.6. The van der Waals surface area contributed by atoms with Crippen molar-refractivity contribution in [2.24, 2.45) is 0 Å². The van der Waals surface area contributed by atoms with Crippen molar-refractivity contribution in [3.8, 4) is 50.2 Å². The maximum Gasteiger partial charge on any atom is 0.252 e. The Hall–Kier alpha value is -9.12. The van der Waals surface area contributed by atoms with Crippen LogP contribution in [0.25, 0.3) is 72.0 Å². The number of nitrogens with zero attached hydrogens (tertiary/aromatic N) is 3. The van der Waals surface area contributed by atoms with Crippen LogP contribution in [-0.2, 0) is 37.9 Å². The third-order valence-electron chi connectivity index (χ3n) is 23.6. The number of hydrogen-bond donors (Lipinski definition) is 0.